The maximum absolute atomic E-state index is 12.6. The van der Waals surface area contributed by atoms with Crippen LogP contribution in [0.4, 0.5) is 10.7 Å². The number of rotatable bonds is 5. The van der Waals surface area contributed by atoms with Gasteiger partial charge in [0, 0.05) is 16.1 Å². The van der Waals surface area contributed by atoms with Gasteiger partial charge in [-0.1, -0.05) is 36.4 Å². The van der Waals surface area contributed by atoms with Crippen LogP contribution in [0.15, 0.2) is 48.5 Å². The fourth-order valence-electron chi connectivity index (χ4n) is 3.14. The molecular weight excluding hydrogens is 432 g/mol. The van der Waals surface area contributed by atoms with E-state index in [0.717, 1.165) is 21.6 Å². The minimum absolute atomic E-state index is 0.288. The molecule has 0 aliphatic heterocycles. The smallest absolute Gasteiger partial charge is 0.341 e. The van der Waals surface area contributed by atoms with Crippen LogP contribution in [-0.4, -0.2) is 31.3 Å². The molecule has 1 aromatic heterocycles. The third-order valence-corrected chi connectivity index (χ3v) is 5.89. The van der Waals surface area contributed by atoms with Gasteiger partial charge in [0.2, 0.25) is 0 Å². The summed E-state index contributed by atoms with van der Waals surface area (Å²) in [5, 5.41) is 7.09. The molecule has 2 N–H and O–H groups in total. The normalized spacial score (nSPS) is 10.3. The van der Waals surface area contributed by atoms with Crippen LogP contribution in [0.25, 0.3) is 11.1 Å². The van der Waals surface area contributed by atoms with E-state index >= 15 is 0 Å². The SMILES string of the molecule is COC(=O)c1ccc(C)c(NC(=S)Nc2sc(C)c(-c3ccccc3)c2C(=O)OC)c1. The second-order valence-electron chi connectivity index (χ2n) is 6.70. The van der Waals surface area contributed by atoms with Crippen LogP contribution in [0.2, 0.25) is 0 Å². The van der Waals surface area contributed by atoms with Crippen molar-refractivity contribution in [3.8, 4) is 11.1 Å². The molecular formula is C23H22N2O4S2. The lowest BCUT2D eigenvalue weighted by molar-refractivity contribution is 0.0593. The van der Waals surface area contributed by atoms with E-state index in [9.17, 15) is 9.59 Å². The first-order valence-corrected chi connectivity index (χ1v) is 10.6. The molecule has 3 rings (SSSR count). The molecule has 3 aromatic rings. The van der Waals surface area contributed by atoms with E-state index < -0.39 is 11.9 Å². The molecule has 160 valence electrons. The number of carbonyl (C=O) groups is 2. The van der Waals surface area contributed by atoms with Crippen LogP contribution in [0.1, 0.15) is 31.2 Å². The number of thiophene rings is 1. The third-order valence-electron chi connectivity index (χ3n) is 4.67. The largest absolute Gasteiger partial charge is 0.465 e. The quantitative estimate of drug-likeness (QED) is 0.394. The van der Waals surface area contributed by atoms with Gasteiger partial charge in [-0.15, -0.1) is 11.3 Å². The summed E-state index contributed by atoms with van der Waals surface area (Å²) in [5.41, 5.74) is 4.14. The number of benzene rings is 2. The molecule has 0 amide bonds. The van der Waals surface area contributed by atoms with Crippen molar-refractivity contribution in [2.24, 2.45) is 0 Å². The van der Waals surface area contributed by atoms with Crippen molar-refractivity contribution in [1.82, 2.24) is 0 Å². The van der Waals surface area contributed by atoms with Gasteiger partial charge in [0.15, 0.2) is 5.11 Å². The van der Waals surface area contributed by atoms with Crippen molar-refractivity contribution in [2.75, 3.05) is 24.9 Å². The number of methoxy groups -OCH3 is 2. The Morgan fingerprint density at radius 3 is 2.26 bits per heavy atom. The van der Waals surface area contributed by atoms with Gasteiger partial charge in [-0.25, -0.2) is 9.59 Å². The zero-order chi connectivity index (χ0) is 22.5. The molecule has 0 saturated carbocycles. The van der Waals surface area contributed by atoms with Crippen LogP contribution < -0.4 is 10.6 Å². The number of hydrogen-bond donors (Lipinski definition) is 2. The summed E-state index contributed by atoms with van der Waals surface area (Å²) in [4.78, 5) is 25.4. The Hall–Kier alpha value is -3.23. The number of hydrogen-bond acceptors (Lipinski definition) is 6. The van der Waals surface area contributed by atoms with Gasteiger partial charge in [0.05, 0.1) is 19.8 Å². The zero-order valence-electron chi connectivity index (χ0n) is 17.6. The Morgan fingerprint density at radius 1 is 0.935 bits per heavy atom. The predicted molar refractivity (Wildman–Crippen MR) is 128 cm³/mol. The van der Waals surface area contributed by atoms with E-state index in [1.807, 2.05) is 44.2 Å². The molecule has 8 heteroatoms. The average Bonchev–Trinajstić information content (AvgIpc) is 3.09. The van der Waals surface area contributed by atoms with Gasteiger partial charge in [0.25, 0.3) is 0 Å². The van der Waals surface area contributed by atoms with E-state index in [2.05, 4.69) is 10.6 Å². The first-order chi connectivity index (χ1) is 14.8. The second-order valence-corrected chi connectivity index (χ2v) is 8.33. The summed E-state index contributed by atoms with van der Waals surface area (Å²) < 4.78 is 9.82. The van der Waals surface area contributed by atoms with E-state index in [1.165, 1.54) is 25.6 Å². The van der Waals surface area contributed by atoms with Gasteiger partial charge in [0.1, 0.15) is 10.6 Å². The molecule has 0 aliphatic carbocycles. The highest BCUT2D eigenvalue weighted by atomic mass is 32.1. The monoisotopic (exact) mass is 454 g/mol. The van der Waals surface area contributed by atoms with Crippen LogP contribution in [-0.2, 0) is 9.47 Å². The Balaban J connectivity index is 1.92. The fourth-order valence-corrected chi connectivity index (χ4v) is 4.49. The van der Waals surface area contributed by atoms with Crippen LogP contribution in [0.3, 0.4) is 0 Å². The summed E-state index contributed by atoms with van der Waals surface area (Å²) in [6, 6.07) is 14.8. The standard InChI is InChI=1S/C23H22N2O4S2/c1-13-10-11-16(21(26)28-3)12-17(13)24-23(30)25-20-19(22(27)29-4)18(14(2)31-20)15-8-6-5-7-9-15/h5-12H,1-4H3,(H2,24,25,30). The van der Waals surface area contributed by atoms with Crippen molar-refractivity contribution in [2.45, 2.75) is 13.8 Å². The van der Waals surface area contributed by atoms with Crippen LogP contribution >= 0.6 is 23.6 Å². The molecule has 31 heavy (non-hydrogen) atoms. The number of esters is 2. The lowest BCUT2D eigenvalue weighted by atomic mass is 10.0. The first kappa shape index (κ1) is 22.5. The highest BCUT2D eigenvalue weighted by molar-refractivity contribution is 7.80. The molecule has 0 fully saturated rings. The van der Waals surface area contributed by atoms with Crippen LogP contribution in [0.5, 0.6) is 0 Å². The zero-order valence-corrected chi connectivity index (χ0v) is 19.2. The van der Waals surface area contributed by atoms with Crippen molar-refractivity contribution >= 4 is 51.3 Å². The summed E-state index contributed by atoms with van der Waals surface area (Å²) in [6.07, 6.45) is 0. The molecule has 1 heterocycles. The number of nitrogens with one attached hydrogen (secondary N) is 2. The molecule has 0 radical (unpaired) electrons. The van der Waals surface area contributed by atoms with Crippen LogP contribution in [0, 0.1) is 13.8 Å². The topological polar surface area (TPSA) is 76.7 Å². The number of ether oxygens (including phenoxy) is 2. The molecule has 0 saturated heterocycles. The molecule has 2 aromatic carbocycles. The van der Waals surface area contributed by atoms with E-state index in [4.69, 9.17) is 21.7 Å². The summed E-state index contributed by atoms with van der Waals surface area (Å²) >= 11 is 6.90. The first-order valence-electron chi connectivity index (χ1n) is 9.39. The van der Waals surface area contributed by atoms with Crippen molar-refractivity contribution in [3.05, 3.63) is 70.1 Å². The lowest BCUT2D eigenvalue weighted by Crippen LogP contribution is -2.21. The average molecular weight is 455 g/mol. The maximum Gasteiger partial charge on any atom is 0.341 e. The Bertz CT molecular complexity index is 1140. The maximum atomic E-state index is 12.6. The number of anilines is 2. The lowest BCUT2D eigenvalue weighted by Gasteiger charge is -2.14. The minimum Gasteiger partial charge on any atom is -0.465 e. The number of thiocarbonyl (C=S) groups is 1. The molecule has 0 atom stereocenters. The fraction of sp³-hybridized carbons (Fsp3) is 0.174. The molecule has 0 bridgehead atoms. The summed E-state index contributed by atoms with van der Waals surface area (Å²) in [6.45, 7) is 3.85. The Kier molecular flexibility index (Phi) is 7.04. The Labute approximate surface area is 190 Å². The highest BCUT2D eigenvalue weighted by Gasteiger charge is 2.24. The highest BCUT2D eigenvalue weighted by Crippen LogP contribution is 2.40. The van der Waals surface area contributed by atoms with Gasteiger partial charge < -0.3 is 20.1 Å². The molecule has 0 aliphatic rings. The van der Waals surface area contributed by atoms with E-state index in [0.29, 0.717) is 21.8 Å². The van der Waals surface area contributed by atoms with Crippen molar-refractivity contribution in [3.63, 3.8) is 0 Å². The van der Waals surface area contributed by atoms with Gasteiger partial charge >= 0.3 is 11.9 Å². The predicted octanol–water partition coefficient (Wildman–Crippen LogP) is 5.41. The number of aryl methyl sites for hydroxylation is 2. The van der Waals surface area contributed by atoms with Gasteiger partial charge in [-0.05, 0) is 49.3 Å². The number of carbonyl (C=O) groups excluding carboxylic acids is 2. The van der Waals surface area contributed by atoms with Crippen molar-refractivity contribution in [1.29, 1.82) is 0 Å². The summed E-state index contributed by atoms with van der Waals surface area (Å²) in [5.74, 6) is -0.881. The second kappa shape index (κ2) is 9.72. The molecule has 6 nitrogen and oxygen atoms in total. The van der Waals surface area contributed by atoms with Gasteiger partial charge in [-0.3, -0.25) is 0 Å². The molecule has 0 unspecified atom stereocenters. The third kappa shape index (κ3) is 4.92. The van der Waals surface area contributed by atoms with Gasteiger partial charge in [-0.2, -0.15) is 0 Å². The minimum atomic E-state index is -0.447. The molecule has 0 spiro atoms. The van der Waals surface area contributed by atoms with E-state index in [1.54, 1.807) is 18.2 Å². The summed E-state index contributed by atoms with van der Waals surface area (Å²) in [7, 11) is 2.69. The van der Waals surface area contributed by atoms with E-state index in [-0.39, 0.29) is 5.11 Å². The Morgan fingerprint density at radius 2 is 1.61 bits per heavy atom. The van der Waals surface area contributed by atoms with Crippen molar-refractivity contribution < 1.29 is 19.1 Å².